The summed E-state index contributed by atoms with van der Waals surface area (Å²) in [5.74, 6) is 1.24. The van der Waals surface area contributed by atoms with Crippen molar-refractivity contribution >= 4 is 11.6 Å². The lowest BCUT2D eigenvalue weighted by Crippen LogP contribution is -2.15. The van der Waals surface area contributed by atoms with Crippen LogP contribution < -0.4 is 10.1 Å². The summed E-state index contributed by atoms with van der Waals surface area (Å²) in [6, 6.07) is 21.0. The molecule has 4 rings (SSSR count). The number of aromatic nitrogens is 2. The van der Waals surface area contributed by atoms with Gasteiger partial charge in [0.2, 0.25) is 5.91 Å². The first kappa shape index (κ1) is 18.6. The van der Waals surface area contributed by atoms with Crippen molar-refractivity contribution in [3.05, 3.63) is 79.3 Å². The zero-order valence-electron chi connectivity index (χ0n) is 16.0. The zero-order valence-corrected chi connectivity index (χ0v) is 16.0. The number of amides is 1. The molecule has 0 saturated carbocycles. The molecule has 6 heteroatoms. The molecule has 0 aliphatic carbocycles. The number of hydrogen-bond acceptors (Lipinski definition) is 4. The van der Waals surface area contributed by atoms with Gasteiger partial charge in [0.05, 0.1) is 31.1 Å². The van der Waals surface area contributed by atoms with Crippen molar-refractivity contribution in [2.45, 2.75) is 13.0 Å². The van der Waals surface area contributed by atoms with E-state index in [-0.39, 0.29) is 12.3 Å². The van der Waals surface area contributed by atoms with E-state index in [9.17, 15) is 4.79 Å². The normalized spacial score (nSPS) is 10.7. The van der Waals surface area contributed by atoms with E-state index in [0.29, 0.717) is 23.7 Å². The molecule has 0 bridgehead atoms. The minimum atomic E-state index is -0.102. The van der Waals surface area contributed by atoms with Crippen LogP contribution in [-0.2, 0) is 11.3 Å². The Kier molecular flexibility index (Phi) is 5.42. The number of anilines is 1. The molecule has 4 aromatic rings. The number of furan rings is 1. The number of para-hydroxylation sites is 2. The zero-order chi connectivity index (χ0) is 20.1. The van der Waals surface area contributed by atoms with Crippen LogP contribution in [0.3, 0.4) is 0 Å². The Morgan fingerprint density at radius 3 is 2.62 bits per heavy atom. The summed E-state index contributed by atoms with van der Waals surface area (Å²) in [5, 5.41) is 2.90. The van der Waals surface area contributed by atoms with Crippen LogP contribution in [0.2, 0.25) is 0 Å². The van der Waals surface area contributed by atoms with Crippen LogP contribution in [0.4, 0.5) is 5.69 Å². The lowest BCUT2D eigenvalue weighted by atomic mass is 10.1. The fourth-order valence-corrected chi connectivity index (χ4v) is 3.21. The number of carbonyl (C=O) groups is 1. The fraction of sp³-hybridized carbons (Fsp3) is 0.130. The molecule has 0 fully saturated rings. The molecule has 0 aliphatic heterocycles. The minimum Gasteiger partial charge on any atom is -0.495 e. The molecular weight excluding hydrogens is 366 g/mol. The van der Waals surface area contributed by atoms with E-state index >= 15 is 0 Å². The maximum Gasteiger partial charge on any atom is 0.226 e. The number of nitrogens with zero attached hydrogens (tertiary/aromatic N) is 2. The average Bonchev–Trinajstić information content (AvgIpc) is 3.43. The maximum atomic E-state index is 12.5. The first-order chi connectivity index (χ1) is 14.3. The second-order valence-corrected chi connectivity index (χ2v) is 6.48. The van der Waals surface area contributed by atoms with Crippen molar-refractivity contribution in [3.63, 3.8) is 0 Å². The first-order valence-electron chi connectivity index (χ1n) is 9.33. The monoisotopic (exact) mass is 387 g/mol. The van der Waals surface area contributed by atoms with Crippen LogP contribution in [-0.4, -0.2) is 22.6 Å². The van der Waals surface area contributed by atoms with Gasteiger partial charge in [-0.1, -0.05) is 42.5 Å². The largest absolute Gasteiger partial charge is 0.495 e. The van der Waals surface area contributed by atoms with Crippen LogP contribution in [0, 0.1) is 0 Å². The van der Waals surface area contributed by atoms with E-state index in [0.717, 1.165) is 17.0 Å². The van der Waals surface area contributed by atoms with Gasteiger partial charge in [0.15, 0.2) is 5.76 Å². The van der Waals surface area contributed by atoms with Crippen molar-refractivity contribution in [3.8, 4) is 28.5 Å². The van der Waals surface area contributed by atoms with Crippen LogP contribution in [0.1, 0.15) is 6.42 Å². The lowest BCUT2D eigenvalue weighted by Gasteiger charge is -2.11. The molecule has 0 radical (unpaired) electrons. The van der Waals surface area contributed by atoms with Gasteiger partial charge in [0.1, 0.15) is 11.4 Å². The SMILES string of the molecule is COc1ccccc1NC(=O)CCn1cnc(-c2ccccc2)c1-c1ccco1. The number of rotatable bonds is 7. The molecule has 0 spiro atoms. The summed E-state index contributed by atoms with van der Waals surface area (Å²) in [4.78, 5) is 17.1. The van der Waals surface area contributed by atoms with Gasteiger partial charge in [-0.05, 0) is 24.3 Å². The number of hydrogen-bond donors (Lipinski definition) is 1. The van der Waals surface area contributed by atoms with Crippen molar-refractivity contribution in [1.82, 2.24) is 9.55 Å². The van der Waals surface area contributed by atoms with Crippen molar-refractivity contribution < 1.29 is 13.9 Å². The number of carbonyl (C=O) groups excluding carboxylic acids is 1. The molecule has 29 heavy (non-hydrogen) atoms. The quantitative estimate of drug-likeness (QED) is 0.492. The number of aryl methyl sites for hydroxylation is 1. The summed E-state index contributed by atoms with van der Waals surface area (Å²) < 4.78 is 12.9. The highest BCUT2D eigenvalue weighted by atomic mass is 16.5. The summed E-state index contributed by atoms with van der Waals surface area (Å²) in [5.41, 5.74) is 3.33. The highest BCUT2D eigenvalue weighted by Gasteiger charge is 2.18. The highest BCUT2D eigenvalue weighted by molar-refractivity contribution is 5.92. The van der Waals surface area contributed by atoms with Gasteiger partial charge in [0, 0.05) is 18.5 Å². The van der Waals surface area contributed by atoms with Crippen LogP contribution in [0.15, 0.2) is 83.7 Å². The Hall–Kier alpha value is -3.80. The second kappa shape index (κ2) is 8.48. The molecule has 146 valence electrons. The Morgan fingerprint density at radius 2 is 1.86 bits per heavy atom. The van der Waals surface area contributed by atoms with E-state index in [2.05, 4.69) is 10.3 Å². The van der Waals surface area contributed by atoms with Crippen molar-refractivity contribution in [2.75, 3.05) is 12.4 Å². The second-order valence-electron chi connectivity index (χ2n) is 6.48. The van der Waals surface area contributed by atoms with Gasteiger partial charge in [-0.25, -0.2) is 4.98 Å². The molecular formula is C23H21N3O3. The molecule has 2 aromatic carbocycles. The Labute approximate surface area is 168 Å². The number of nitrogens with one attached hydrogen (secondary N) is 1. The first-order valence-corrected chi connectivity index (χ1v) is 9.33. The van der Waals surface area contributed by atoms with Gasteiger partial charge in [-0.3, -0.25) is 4.79 Å². The molecule has 1 N–H and O–H groups in total. The predicted molar refractivity (Wildman–Crippen MR) is 112 cm³/mol. The predicted octanol–water partition coefficient (Wildman–Crippen LogP) is 4.85. The summed E-state index contributed by atoms with van der Waals surface area (Å²) in [6.45, 7) is 0.469. The van der Waals surface area contributed by atoms with Gasteiger partial charge in [0.25, 0.3) is 0 Å². The number of ether oxygens (including phenoxy) is 1. The molecule has 2 aromatic heterocycles. The van der Waals surface area contributed by atoms with Gasteiger partial charge >= 0.3 is 0 Å². The number of methoxy groups -OCH3 is 1. The smallest absolute Gasteiger partial charge is 0.226 e. The highest BCUT2D eigenvalue weighted by Crippen LogP contribution is 2.31. The molecule has 2 heterocycles. The van der Waals surface area contributed by atoms with Gasteiger partial charge in [-0.2, -0.15) is 0 Å². The standard InChI is InChI=1S/C23H21N3O3/c1-28-19-11-6-5-10-18(19)25-21(27)13-14-26-16-24-22(17-8-3-2-4-9-17)23(26)20-12-7-15-29-20/h2-12,15-16H,13-14H2,1H3,(H,25,27). The minimum absolute atomic E-state index is 0.102. The lowest BCUT2D eigenvalue weighted by molar-refractivity contribution is -0.116. The van der Waals surface area contributed by atoms with Crippen molar-refractivity contribution in [1.29, 1.82) is 0 Å². The Bertz CT molecular complexity index is 1090. The van der Waals surface area contributed by atoms with E-state index in [4.69, 9.17) is 9.15 Å². The third kappa shape index (κ3) is 4.06. The fourth-order valence-electron chi connectivity index (χ4n) is 3.21. The van der Waals surface area contributed by atoms with Crippen molar-refractivity contribution in [2.24, 2.45) is 0 Å². The number of benzene rings is 2. The van der Waals surface area contributed by atoms with Gasteiger partial charge in [-0.15, -0.1) is 0 Å². The third-order valence-electron chi connectivity index (χ3n) is 4.60. The van der Waals surface area contributed by atoms with Crippen LogP contribution in [0.5, 0.6) is 5.75 Å². The number of imidazole rings is 1. The van der Waals surface area contributed by atoms with E-state index in [1.165, 1.54) is 0 Å². The molecule has 0 aliphatic rings. The molecule has 0 saturated heterocycles. The third-order valence-corrected chi connectivity index (χ3v) is 4.60. The van der Waals surface area contributed by atoms with Gasteiger partial charge < -0.3 is 19.0 Å². The summed E-state index contributed by atoms with van der Waals surface area (Å²) >= 11 is 0. The molecule has 1 amide bonds. The Morgan fingerprint density at radius 1 is 1.07 bits per heavy atom. The van der Waals surface area contributed by atoms with Crippen LogP contribution >= 0.6 is 0 Å². The molecule has 0 unspecified atom stereocenters. The Balaban J connectivity index is 1.55. The summed E-state index contributed by atoms with van der Waals surface area (Å²) in [7, 11) is 1.58. The van der Waals surface area contributed by atoms with E-state index in [1.807, 2.05) is 71.3 Å². The van der Waals surface area contributed by atoms with E-state index in [1.54, 1.807) is 19.7 Å². The summed E-state index contributed by atoms with van der Waals surface area (Å²) in [6.07, 6.45) is 3.67. The van der Waals surface area contributed by atoms with E-state index < -0.39 is 0 Å². The maximum absolute atomic E-state index is 12.5. The van der Waals surface area contributed by atoms with Crippen LogP contribution in [0.25, 0.3) is 22.7 Å². The average molecular weight is 387 g/mol. The molecule has 0 atom stereocenters. The topological polar surface area (TPSA) is 69.3 Å². The molecule has 6 nitrogen and oxygen atoms in total.